The van der Waals surface area contributed by atoms with Crippen molar-refractivity contribution < 1.29 is 26.3 Å². The summed E-state index contributed by atoms with van der Waals surface area (Å²) in [6.45, 7) is 2.98. The first-order chi connectivity index (χ1) is 16.4. The number of hydrogen-bond acceptors (Lipinski definition) is 2. The van der Waals surface area contributed by atoms with Crippen LogP contribution in [0.1, 0.15) is 26.4 Å². The van der Waals surface area contributed by atoms with E-state index in [4.69, 9.17) is 0 Å². The Bertz CT molecular complexity index is 1480. The number of rotatable bonds is 4. The van der Waals surface area contributed by atoms with Crippen LogP contribution in [0, 0.1) is 13.8 Å². The van der Waals surface area contributed by atoms with Crippen molar-refractivity contribution in [2.45, 2.75) is 36.9 Å². The fourth-order valence-electron chi connectivity index (χ4n) is 4.52. The summed E-state index contributed by atoms with van der Waals surface area (Å²) in [5.41, 5.74) is -1.42. The van der Waals surface area contributed by atoms with Crippen molar-refractivity contribution in [2.24, 2.45) is 0 Å². The van der Waals surface area contributed by atoms with E-state index in [-0.39, 0.29) is 26.3 Å². The van der Waals surface area contributed by atoms with Gasteiger partial charge in [-0.1, -0.05) is 58.4 Å². The Morgan fingerprint density at radius 2 is 1.40 bits per heavy atom. The highest BCUT2D eigenvalue weighted by atomic mass is 79.9. The molecule has 0 amide bonds. The van der Waals surface area contributed by atoms with Crippen LogP contribution in [0.2, 0.25) is 0 Å². The Labute approximate surface area is 214 Å². The third-order valence-corrected chi connectivity index (χ3v) is 9.10. The molecule has 0 bridgehead atoms. The lowest BCUT2D eigenvalue weighted by atomic mass is 9.93. The van der Waals surface area contributed by atoms with Gasteiger partial charge < -0.3 is 0 Å². The van der Waals surface area contributed by atoms with Gasteiger partial charge in [-0.05, 0) is 42.7 Å². The molecule has 2 aromatic carbocycles. The smallest absolute Gasteiger partial charge is 0.194 e. The number of halogens is 7. The molecule has 0 saturated carbocycles. The topological polar surface area (TPSA) is 0 Å². The zero-order chi connectivity index (χ0) is 25.3. The van der Waals surface area contributed by atoms with E-state index in [0.29, 0.717) is 20.5 Å². The first-order valence-electron chi connectivity index (χ1n) is 10.5. The van der Waals surface area contributed by atoms with E-state index < -0.39 is 28.9 Å². The van der Waals surface area contributed by atoms with Gasteiger partial charge in [-0.15, -0.1) is 22.7 Å². The van der Waals surface area contributed by atoms with Crippen molar-refractivity contribution in [3.8, 4) is 10.4 Å². The third-order valence-electron chi connectivity index (χ3n) is 6.27. The van der Waals surface area contributed by atoms with Gasteiger partial charge in [0.15, 0.2) is 0 Å². The molecule has 0 spiro atoms. The molecule has 0 N–H and O–H groups in total. The molecule has 9 heteroatoms. The van der Waals surface area contributed by atoms with Crippen molar-refractivity contribution in [2.75, 3.05) is 0 Å². The molecule has 0 radical (unpaired) electrons. The highest BCUT2D eigenvalue weighted by molar-refractivity contribution is 9.08. The van der Waals surface area contributed by atoms with E-state index in [1.165, 1.54) is 26.0 Å². The van der Waals surface area contributed by atoms with E-state index >= 15 is 17.6 Å². The lowest BCUT2D eigenvalue weighted by molar-refractivity contribution is -0.254. The van der Waals surface area contributed by atoms with E-state index in [0.717, 1.165) is 28.2 Å². The highest BCUT2D eigenvalue weighted by Gasteiger charge is 2.80. The Kier molecular flexibility index (Phi) is 5.77. The van der Waals surface area contributed by atoms with Gasteiger partial charge in [0, 0.05) is 46.8 Å². The van der Waals surface area contributed by atoms with Gasteiger partial charge in [0.05, 0.1) is 0 Å². The van der Waals surface area contributed by atoms with Crippen molar-refractivity contribution in [3.63, 3.8) is 0 Å². The summed E-state index contributed by atoms with van der Waals surface area (Å²) in [5, 5.41) is 0.886. The summed E-state index contributed by atoms with van der Waals surface area (Å²) in [4.78, 5) is 1.08. The van der Waals surface area contributed by atoms with Gasteiger partial charge in [-0.25, -0.2) is 0 Å². The zero-order valence-electron chi connectivity index (χ0n) is 18.4. The fourth-order valence-corrected chi connectivity index (χ4v) is 7.00. The minimum atomic E-state index is -5.58. The average Bonchev–Trinajstić information content (AvgIpc) is 3.38. The number of fused-ring (bicyclic) bond motifs is 1. The largest absolute Gasteiger partial charge is 0.380 e. The molecule has 0 saturated heterocycles. The van der Waals surface area contributed by atoms with Crippen LogP contribution in [0.15, 0.2) is 54.6 Å². The van der Waals surface area contributed by atoms with Gasteiger partial charge in [-0.2, -0.15) is 26.3 Å². The molecule has 2 heterocycles. The van der Waals surface area contributed by atoms with Crippen LogP contribution < -0.4 is 0 Å². The van der Waals surface area contributed by atoms with Crippen LogP contribution in [0.5, 0.6) is 0 Å². The molecular formula is C26H17BrF6S2. The van der Waals surface area contributed by atoms with Crippen molar-refractivity contribution >= 4 is 59.8 Å². The molecule has 35 heavy (non-hydrogen) atoms. The highest BCUT2D eigenvalue weighted by Crippen LogP contribution is 2.66. The van der Waals surface area contributed by atoms with E-state index in [1.54, 1.807) is 30.3 Å². The maximum absolute atomic E-state index is 15.3. The molecule has 1 aliphatic rings. The van der Waals surface area contributed by atoms with Gasteiger partial charge in [0.25, 0.3) is 0 Å². The van der Waals surface area contributed by atoms with Crippen molar-refractivity contribution in [3.05, 3.63) is 81.0 Å². The normalized spacial score (nSPS) is 18.5. The van der Waals surface area contributed by atoms with Crippen molar-refractivity contribution in [1.82, 2.24) is 0 Å². The number of aryl methyl sites for hydroxylation is 2. The zero-order valence-corrected chi connectivity index (χ0v) is 21.6. The lowest BCUT2D eigenvalue weighted by Crippen LogP contribution is -2.48. The predicted octanol–water partition coefficient (Wildman–Crippen LogP) is 9.97. The molecule has 0 nitrogen and oxygen atoms in total. The molecule has 1 aliphatic carbocycles. The van der Waals surface area contributed by atoms with E-state index in [1.807, 2.05) is 12.1 Å². The number of allylic oxidation sites excluding steroid dienone is 2. The Morgan fingerprint density at radius 3 is 2.06 bits per heavy atom. The maximum atomic E-state index is 15.3. The third kappa shape index (κ3) is 3.45. The van der Waals surface area contributed by atoms with Crippen LogP contribution in [0.3, 0.4) is 0 Å². The summed E-state index contributed by atoms with van der Waals surface area (Å²) in [5.74, 6) is -15.7. The van der Waals surface area contributed by atoms with Gasteiger partial charge in [0.2, 0.25) is 0 Å². The molecule has 4 aromatic rings. The van der Waals surface area contributed by atoms with Crippen LogP contribution in [-0.4, -0.2) is 17.8 Å². The molecule has 0 fully saturated rings. The lowest BCUT2D eigenvalue weighted by Gasteiger charge is -2.25. The van der Waals surface area contributed by atoms with Gasteiger partial charge in [-0.3, -0.25) is 0 Å². The number of hydrogen-bond donors (Lipinski definition) is 0. The van der Waals surface area contributed by atoms with Crippen LogP contribution in [0.4, 0.5) is 26.3 Å². The summed E-state index contributed by atoms with van der Waals surface area (Å²) in [7, 11) is 0. The van der Waals surface area contributed by atoms with Gasteiger partial charge >= 0.3 is 17.8 Å². The maximum Gasteiger partial charge on any atom is 0.380 e. The number of benzene rings is 2. The molecule has 182 valence electrons. The van der Waals surface area contributed by atoms with Gasteiger partial charge in [0.1, 0.15) is 0 Å². The molecule has 2 aromatic heterocycles. The first-order valence-corrected chi connectivity index (χ1v) is 13.3. The quantitative estimate of drug-likeness (QED) is 0.165. The van der Waals surface area contributed by atoms with Crippen LogP contribution in [-0.2, 0) is 5.33 Å². The summed E-state index contributed by atoms with van der Waals surface area (Å²) in [6.07, 6.45) is 0. The number of thiophene rings is 2. The second-order valence-electron chi connectivity index (χ2n) is 8.41. The Morgan fingerprint density at radius 1 is 0.771 bits per heavy atom. The summed E-state index contributed by atoms with van der Waals surface area (Å²) in [6, 6.07) is 15.0. The van der Waals surface area contributed by atoms with Crippen LogP contribution in [0.25, 0.3) is 31.7 Å². The monoisotopic (exact) mass is 586 g/mol. The molecule has 0 aliphatic heterocycles. The molecule has 0 atom stereocenters. The predicted molar refractivity (Wildman–Crippen MR) is 135 cm³/mol. The fraction of sp³-hybridized carbons (Fsp3) is 0.231. The minimum absolute atomic E-state index is 0.240. The standard InChI is InChI=1S/C26H17BrF6S2/c1-13-18(11-20(34-13)16-9-7-15(12-27)8-10-16)22-23(25(30,31)26(32,33)24(22,28)29)21-14(2)35-19-6-4-3-5-17(19)21/h3-11H,12H2,1-2H3. The van der Waals surface area contributed by atoms with E-state index in [2.05, 4.69) is 15.9 Å². The summed E-state index contributed by atoms with van der Waals surface area (Å²) >= 11 is 5.58. The first kappa shape index (κ1) is 24.6. The van der Waals surface area contributed by atoms with Crippen molar-refractivity contribution in [1.29, 1.82) is 0 Å². The second kappa shape index (κ2) is 8.21. The molecular weight excluding hydrogens is 570 g/mol. The minimum Gasteiger partial charge on any atom is -0.194 e. The van der Waals surface area contributed by atoms with E-state index in [9.17, 15) is 8.78 Å². The molecule has 5 rings (SSSR count). The SMILES string of the molecule is Cc1sc(-c2ccc(CBr)cc2)cc1C1=C(c2c(C)sc3ccccc23)C(F)(F)C(F)(F)C1(F)F. The molecule has 0 unspecified atom stereocenters. The Balaban J connectivity index is 1.82. The Hall–Kier alpha value is -2.10. The van der Waals surface area contributed by atoms with Crippen LogP contribution >= 0.6 is 38.6 Å². The average molecular weight is 587 g/mol. The summed E-state index contributed by atoms with van der Waals surface area (Å²) < 4.78 is 91.6. The second-order valence-corrected chi connectivity index (χ2v) is 11.5. The number of alkyl halides is 7.